The number of rotatable bonds is 2. The average molecular weight is 193 g/mol. The SMILES string of the molecule is CN(O)CC1COc2ccccc2C1. The van der Waals surface area contributed by atoms with Gasteiger partial charge in [-0.2, -0.15) is 5.06 Å². The van der Waals surface area contributed by atoms with E-state index in [4.69, 9.17) is 9.94 Å². The van der Waals surface area contributed by atoms with Crippen LogP contribution in [0.25, 0.3) is 0 Å². The Kier molecular flexibility index (Phi) is 2.70. The van der Waals surface area contributed by atoms with Gasteiger partial charge in [0.15, 0.2) is 0 Å². The van der Waals surface area contributed by atoms with Crippen LogP contribution in [0.15, 0.2) is 24.3 Å². The van der Waals surface area contributed by atoms with Crippen molar-refractivity contribution in [2.24, 2.45) is 5.92 Å². The van der Waals surface area contributed by atoms with Gasteiger partial charge >= 0.3 is 0 Å². The lowest BCUT2D eigenvalue weighted by Gasteiger charge is -2.26. The van der Waals surface area contributed by atoms with Crippen molar-refractivity contribution in [1.29, 1.82) is 0 Å². The van der Waals surface area contributed by atoms with Crippen LogP contribution in [0.4, 0.5) is 0 Å². The molecule has 0 saturated carbocycles. The fourth-order valence-corrected chi connectivity index (χ4v) is 1.88. The monoisotopic (exact) mass is 193 g/mol. The zero-order chi connectivity index (χ0) is 9.97. The molecule has 2 rings (SSSR count). The Bertz CT molecular complexity index is 312. The molecule has 0 aromatic heterocycles. The molecule has 3 nitrogen and oxygen atoms in total. The molecule has 1 aliphatic heterocycles. The molecule has 76 valence electrons. The van der Waals surface area contributed by atoms with Gasteiger partial charge in [0.2, 0.25) is 0 Å². The Balaban J connectivity index is 2.06. The second kappa shape index (κ2) is 3.98. The molecule has 3 heteroatoms. The molecule has 0 aliphatic carbocycles. The highest BCUT2D eigenvalue weighted by Crippen LogP contribution is 2.26. The number of hydrogen-bond acceptors (Lipinski definition) is 3. The van der Waals surface area contributed by atoms with E-state index < -0.39 is 0 Å². The molecule has 1 unspecified atom stereocenters. The first kappa shape index (κ1) is 9.49. The first-order valence-electron chi connectivity index (χ1n) is 4.86. The molecule has 0 saturated heterocycles. The van der Waals surface area contributed by atoms with E-state index in [1.165, 1.54) is 10.6 Å². The maximum atomic E-state index is 9.13. The Morgan fingerprint density at radius 1 is 1.50 bits per heavy atom. The van der Waals surface area contributed by atoms with Crippen LogP contribution in [0, 0.1) is 5.92 Å². The molecule has 1 heterocycles. The summed E-state index contributed by atoms with van der Waals surface area (Å²) >= 11 is 0. The smallest absolute Gasteiger partial charge is 0.122 e. The van der Waals surface area contributed by atoms with Gasteiger partial charge in [-0.3, -0.25) is 0 Å². The topological polar surface area (TPSA) is 32.7 Å². The minimum Gasteiger partial charge on any atom is -0.493 e. The van der Waals surface area contributed by atoms with Crippen molar-refractivity contribution >= 4 is 0 Å². The van der Waals surface area contributed by atoms with Gasteiger partial charge in [0.05, 0.1) is 6.61 Å². The quantitative estimate of drug-likeness (QED) is 0.723. The minimum absolute atomic E-state index is 0.389. The van der Waals surface area contributed by atoms with E-state index in [-0.39, 0.29) is 0 Å². The summed E-state index contributed by atoms with van der Waals surface area (Å²) < 4.78 is 5.60. The van der Waals surface area contributed by atoms with Gasteiger partial charge in [-0.1, -0.05) is 18.2 Å². The highest BCUT2D eigenvalue weighted by Gasteiger charge is 2.19. The maximum absolute atomic E-state index is 9.13. The lowest BCUT2D eigenvalue weighted by Crippen LogP contribution is -2.30. The summed E-state index contributed by atoms with van der Waals surface area (Å²) in [6, 6.07) is 8.08. The number of hydrogen-bond donors (Lipinski definition) is 1. The maximum Gasteiger partial charge on any atom is 0.122 e. The van der Waals surface area contributed by atoms with Crippen molar-refractivity contribution in [2.75, 3.05) is 20.2 Å². The Hall–Kier alpha value is -1.06. The van der Waals surface area contributed by atoms with Crippen LogP contribution in [0.1, 0.15) is 5.56 Å². The van der Waals surface area contributed by atoms with E-state index >= 15 is 0 Å². The molecule has 1 aliphatic rings. The van der Waals surface area contributed by atoms with Crippen molar-refractivity contribution in [3.05, 3.63) is 29.8 Å². The number of hydroxylamine groups is 2. The van der Waals surface area contributed by atoms with Crippen molar-refractivity contribution < 1.29 is 9.94 Å². The van der Waals surface area contributed by atoms with E-state index in [9.17, 15) is 0 Å². The van der Waals surface area contributed by atoms with Crippen LogP contribution in [-0.4, -0.2) is 30.5 Å². The third kappa shape index (κ3) is 2.05. The Morgan fingerprint density at radius 2 is 2.29 bits per heavy atom. The molecule has 0 spiro atoms. The zero-order valence-electron chi connectivity index (χ0n) is 8.31. The largest absolute Gasteiger partial charge is 0.493 e. The van der Waals surface area contributed by atoms with E-state index in [2.05, 4.69) is 6.07 Å². The van der Waals surface area contributed by atoms with Crippen LogP contribution < -0.4 is 4.74 Å². The third-order valence-electron chi connectivity index (χ3n) is 2.48. The molecular weight excluding hydrogens is 178 g/mol. The molecule has 1 atom stereocenters. The van der Waals surface area contributed by atoms with Crippen molar-refractivity contribution in [2.45, 2.75) is 6.42 Å². The predicted molar refractivity (Wildman–Crippen MR) is 53.5 cm³/mol. The van der Waals surface area contributed by atoms with E-state index in [1.54, 1.807) is 7.05 Å². The Morgan fingerprint density at radius 3 is 3.07 bits per heavy atom. The standard InChI is InChI=1S/C11H15NO2/c1-12(13)7-9-6-10-4-2-3-5-11(10)14-8-9/h2-5,9,13H,6-8H2,1H3. The van der Waals surface area contributed by atoms with E-state index in [1.807, 2.05) is 18.2 Å². The van der Waals surface area contributed by atoms with Gasteiger partial charge in [-0.05, 0) is 18.1 Å². The van der Waals surface area contributed by atoms with Gasteiger partial charge in [-0.15, -0.1) is 0 Å². The third-order valence-corrected chi connectivity index (χ3v) is 2.48. The lowest BCUT2D eigenvalue weighted by atomic mass is 9.97. The first-order chi connectivity index (χ1) is 6.75. The van der Waals surface area contributed by atoms with Gasteiger partial charge < -0.3 is 9.94 Å². The first-order valence-corrected chi connectivity index (χ1v) is 4.86. The summed E-state index contributed by atoms with van der Waals surface area (Å²) in [5, 5.41) is 10.4. The van der Waals surface area contributed by atoms with Crippen molar-refractivity contribution in [3.63, 3.8) is 0 Å². The highest BCUT2D eigenvalue weighted by molar-refractivity contribution is 5.35. The molecule has 0 fully saturated rings. The number of ether oxygens (including phenoxy) is 1. The normalized spacial score (nSPS) is 20.4. The number of fused-ring (bicyclic) bond motifs is 1. The second-order valence-corrected chi connectivity index (χ2v) is 3.83. The second-order valence-electron chi connectivity index (χ2n) is 3.83. The van der Waals surface area contributed by atoms with Gasteiger partial charge in [0, 0.05) is 19.5 Å². The van der Waals surface area contributed by atoms with Crippen LogP contribution in [0.2, 0.25) is 0 Å². The number of benzene rings is 1. The molecular formula is C11H15NO2. The van der Waals surface area contributed by atoms with Crippen molar-refractivity contribution in [1.82, 2.24) is 5.06 Å². The molecule has 0 radical (unpaired) electrons. The summed E-state index contributed by atoms with van der Waals surface area (Å²) in [7, 11) is 1.67. The van der Waals surface area contributed by atoms with Gasteiger partial charge in [0.1, 0.15) is 5.75 Å². The molecule has 1 N–H and O–H groups in total. The van der Waals surface area contributed by atoms with E-state index in [0.717, 1.165) is 12.2 Å². The van der Waals surface area contributed by atoms with Crippen LogP contribution in [0.3, 0.4) is 0 Å². The highest BCUT2D eigenvalue weighted by atomic mass is 16.5. The summed E-state index contributed by atoms with van der Waals surface area (Å²) in [4.78, 5) is 0. The predicted octanol–water partition coefficient (Wildman–Crippen LogP) is 1.56. The summed E-state index contributed by atoms with van der Waals surface area (Å²) in [6.45, 7) is 1.36. The zero-order valence-corrected chi connectivity index (χ0v) is 8.31. The van der Waals surface area contributed by atoms with Crippen LogP contribution in [0.5, 0.6) is 5.75 Å². The minimum atomic E-state index is 0.389. The van der Waals surface area contributed by atoms with Gasteiger partial charge in [-0.25, -0.2) is 0 Å². The van der Waals surface area contributed by atoms with Crippen LogP contribution in [-0.2, 0) is 6.42 Å². The van der Waals surface area contributed by atoms with Crippen molar-refractivity contribution in [3.8, 4) is 5.75 Å². The number of para-hydroxylation sites is 1. The Labute approximate surface area is 83.9 Å². The fraction of sp³-hybridized carbons (Fsp3) is 0.455. The van der Waals surface area contributed by atoms with E-state index in [0.29, 0.717) is 19.1 Å². The molecule has 14 heavy (non-hydrogen) atoms. The molecule has 0 amide bonds. The fourth-order valence-electron chi connectivity index (χ4n) is 1.88. The number of nitrogens with zero attached hydrogens (tertiary/aromatic N) is 1. The molecule has 1 aromatic carbocycles. The van der Waals surface area contributed by atoms with Gasteiger partial charge in [0.25, 0.3) is 0 Å². The average Bonchev–Trinajstić information content (AvgIpc) is 2.17. The summed E-state index contributed by atoms with van der Waals surface area (Å²) in [5.74, 6) is 1.38. The molecule has 1 aromatic rings. The van der Waals surface area contributed by atoms with Crippen LogP contribution >= 0.6 is 0 Å². The summed E-state index contributed by atoms with van der Waals surface area (Å²) in [6.07, 6.45) is 0.987. The lowest BCUT2D eigenvalue weighted by molar-refractivity contribution is -0.0806. The summed E-state index contributed by atoms with van der Waals surface area (Å²) in [5.41, 5.74) is 1.24. The molecule has 0 bridgehead atoms.